The maximum absolute atomic E-state index is 12.6. The molecule has 0 radical (unpaired) electrons. The zero-order valence-corrected chi connectivity index (χ0v) is 18.6. The summed E-state index contributed by atoms with van der Waals surface area (Å²) in [7, 11) is 1.34. The third-order valence-electron chi connectivity index (χ3n) is 5.01. The number of methoxy groups -OCH3 is 1. The van der Waals surface area contributed by atoms with Gasteiger partial charge in [0.1, 0.15) is 12.6 Å². The number of esters is 1. The number of ether oxygens (including phenoxy) is 3. The SMILES string of the molecule is CCOc1cc(C2C(C(=O)OC)=C(C)Nc3nnnn32)ccc1OCc1ccc(Cl)cc1. The van der Waals surface area contributed by atoms with Gasteiger partial charge >= 0.3 is 5.97 Å². The maximum atomic E-state index is 12.6. The van der Waals surface area contributed by atoms with Crippen LogP contribution in [0.1, 0.15) is 31.0 Å². The van der Waals surface area contributed by atoms with E-state index in [1.165, 1.54) is 7.11 Å². The van der Waals surface area contributed by atoms with Crippen LogP contribution >= 0.6 is 11.6 Å². The largest absolute Gasteiger partial charge is 0.490 e. The molecule has 4 rings (SSSR count). The van der Waals surface area contributed by atoms with E-state index in [4.69, 9.17) is 25.8 Å². The molecule has 0 amide bonds. The average Bonchev–Trinajstić information content (AvgIpc) is 3.26. The van der Waals surface area contributed by atoms with Crippen LogP contribution in [0.25, 0.3) is 0 Å². The third-order valence-corrected chi connectivity index (χ3v) is 5.26. The molecule has 1 N–H and O–H groups in total. The number of hydrogen-bond acceptors (Lipinski definition) is 8. The van der Waals surface area contributed by atoms with Gasteiger partial charge in [-0.1, -0.05) is 34.9 Å². The molecule has 1 unspecified atom stereocenters. The van der Waals surface area contributed by atoms with Gasteiger partial charge in [0.05, 0.1) is 19.3 Å². The molecule has 9 nitrogen and oxygen atoms in total. The lowest BCUT2D eigenvalue weighted by Crippen LogP contribution is -2.29. The smallest absolute Gasteiger partial charge is 0.338 e. The summed E-state index contributed by atoms with van der Waals surface area (Å²) in [6, 6.07) is 12.4. The number of nitrogens with zero attached hydrogens (tertiary/aromatic N) is 4. The van der Waals surface area contributed by atoms with E-state index in [0.29, 0.717) is 47.0 Å². The Bertz CT molecular complexity index is 1160. The second-order valence-corrected chi connectivity index (χ2v) is 7.50. The monoisotopic (exact) mass is 455 g/mol. The molecule has 32 heavy (non-hydrogen) atoms. The number of anilines is 1. The molecule has 0 aliphatic carbocycles. The molecule has 0 spiro atoms. The third kappa shape index (κ3) is 4.24. The van der Waals surface area contributed by atoms with Gasteiger partial charge in [-0.15, -0.1) is 0 Å². The van der Waals surface area contributed by atoms with Gasteiger partial charge in [-0.05, 0) is 59.7 Å². The molecule has 1 atom stereocenters. The minimum atomic E-state index is -0.585. The number of carbonyl (C=O) groups excluding carboxylic acids is 1. The number of rotatable bonds is 7. The molecular formula is C22H22ClN5O4. The number of tetrazole rings is 1. The molecule has 0 fully saturated rings. The van der Waals surface area contributed by atoms with Crippen LogP contribution in [0.3, 0.4) is 0 Å². The topological polar surface area (TPSA) is 100 Å². The fraction of sp³-hybridized carbons (Fsp3) is 0.273. The number of nitrogens with one attached hydrogen (secondary N) is 1. The lowest BCUT2D eigenvalue weighted by molar-refractivity contribution is -0.136. The van der Waals surface area contributed by atoms with Crippen molar-refractivity contribution in [2.75, 3.05) is 19.0 Å². The van der Waals surface area contributed by atoms with Crippen molar-refractivity contribution in [1.82, 2.24) is 20.2 Å². The number of hydrogen-bond donors (Lipinski definition) is 1. The number of fused-ring (bicyclic) bond motifs is 1. The average molecular weight is 456 g/mol. The van der Waals surface area contributed by atoms with E-state index >= 15 is 0 Å². The number of allylic oxidation sites excluding steroid dienone is 1. The first-order chi connectivity index (χ1) is 15.5. The number of aromatic nitrogens is 4. The molecule has 1 aliphatic rings. The molecule has 0 bridgehead atoms. The Balaban J connectivity index is 1.69. The number of halogens is 1. The Morgan fingerprint density at radius 2 is 1.94 bits per heavy atom. The summed E-state index contributed by atoms with van der Waals surface area (Å²) in [5.41, 5.74) is 2.75. The molecule has 10 heteroatoms. The van der Waals surface area contributed by atoms with Gasteiger partial charge in [0.2, 0.25) is 5.95 Å². The highest BCUT2D eigenvalue weighted by molar-refractivity contribution is 6.30. The van der Waals surface area contributed by atoms with Crippen molar-refractivity contribution in [3.63, 3.8) is 0 Å². The van der Waals surface area contributed by atoms with Crippen LogP contribution in [0, 0.1) is 0 Å². The predicted octanol–water partition coefficient (Wildman–Crippen LogP) is 3.77. The van der Waals surface area contributed by atoms with Crippen LogP contribution in [0.5, 0.6) is 11.5 Å². The molecule has 2 heterocycles. The van der Waals surface area contributed by atoms with Gasteiger partial charge < -0.3 is 19.5 Å². The van der Waals surface area contributed by atoms with E-state index in [9.17, 15) is 4.79 Å². The second kappa shape index (κ2) is 9.27. The van der Waals surface area contributed by atoms with Gasteiger partial charge in [-0.25, -0.2) is 4.79 Å². The van der Waals surface area contributed by atoms with Crippen molar-refractivity contribution in [3.05, 3.63) is 69.9 Å². The molecule has 0 saturated carbocycles. The minimum absolute atomic E-state index is 0.355. The van der Waals surface area contributed by atoms with Crippen LogP contribution in [-0.2, 0) is 16.1 Å². The summed E-state index contributed by atoms with van der Waals surface area (Å²) in [6.07, 6.45) is 0. The van der Waals surface area contributed by atoms with Gasteiger partial charge in [-0.2, -0.15) is 4.68 Å². The van der Waals surface area contributed by atoms with Crippen LogP contribution in [0.15, 0.2) is 53.7 Å². The summed E-state index contributed by atoms with van der Waals surface area (Å²) < 4.78 is 18.4. The first-order valence-electron chi connectivity index (χ1n) is 9.99. The molecule has 1 aromatic heterocycles. The van der Waals surface area contributed by atoms with Crippen LogP contribution in [-0.4, -0.2) is 39.9 Å². The molecule has 166 valence electrons. The Labute approximate surface area is 189 Å². The van der Waals surface area contributed by atoms with E-state index in [-0.39, 0.29) is 0 Å². The Morgan fingerprint density at radius 1 is 1.16 bits per heavy atom. The predicted molar refractivity (Wildman–Crippen MR) is 118 cm³/mol. The van der Waals surface area contributed by atoms with E-state index in [1.54, 1.807) is 11.6 Å². The molecular weight excluding hydrogens is 434 g/mol. The van der Waals surface area contributed by atoms with Gasteiger partial charge in [0, 0.05) is 10.7 Å². The van der Waals surface area contributed by atoms with Gasteiger partial charge in [0.25, 0.3) is 0 Å². The first kappa shape index (κ1) is 21.6. The zero-order valence-electron chi connectivity index (χ0n) is 17.8. The fourth-order valence-corrected chi connectivity index (χ4v) is 3.64. The van der Waals surface area contributed by atoms with Crippen molar-refractivity contribution in [3.8, 4) is 11.5 Å². The van der Waals surface area contributed by atoms with Gasteiger partial charge in [-0.3, -0.25) is 0 Å². The Hall–Kier alpha value is -3.59. The Kier molecular flexibility index (Phi) is 6.27. The highest BCUT2D eigenvalue weighted by atomic mass is 35.5. The first-order valence-corrected chi connectivity index (χ1v) is 10.4. The summed E-state index contributed by atoms with van der Waals surface area (Å²) in [5.74, 6) is 1.09. The highest BCUT2D eigenvalue weighted by Crippen LogP contribution is 2.38. The maximum Gasteiger partial charge on any atom is 0.338 e. The molecule has 0 saturated heterocycles. The lowest BCUT2D eigenvalue weighted by atomic mass is 9.95. The van der Waals surface area contributed by atoms with E-state index in [1.807, 2.05) is 49.4 Å². The summed E-state index contributed by atoms with van der Waals surface area (Å²) in [6.45, 7) is 4.48. The van der Waals surface area contributed by atoms with Crippen molar-refractivity contribution >= 4 is 23.5 Å². The summed E-state index contributed by atoms with van der Waals surface area (Å²) in [4.78, 5) is 12.6. The van der Waals surface area contributed by atoms with Crippen molar-refractivity contribution < 1.29 is 19.0 Å². The summed E-state index contributed by atoms with van der Waals surface area (Å²) >= 11 is 5.95. The second-order valence-electron chi connectivity index (χ2n) is 7.06. The molecule has 1 aliphatic heterocycles. The van der Waals surface area contributed by atoms with Crippen molar-refractivity contribution in [2.24, 2.45) is 0 Å². The lowest BCUT2D eigenvalue weighted by Gasteiger charge is -2.27. The van der Waals surface area contributed by atoms with Crippen molar-refractivity contribution in [1.29, 1.82) is 0 Å². The van der Waals surface area contributed by atoms with E-state index in [0.717, 1.165) is 11.1 Å². The quantitative estimate of drug-likeness (QED) is 0.537. The number of benzene rings is 2. The fourth-order valence-electron chi connectivity index (χ4n) is 3.52. The Morgan fingerprint density at radius 3 is 2.66 bits per heavy atom. The van der Waals surface area contributed by atoms with Gasteiger partial charge in [0.15, 0.2) is 11.5 Å². The van der Waals surface area contributed by atoms with Crippen LogP contribution in [0.4, 0.5) is 5.95 Å². The van der Waals surface area contributed by atoms with Crippen LogP contribution < -0.4 is 14.8 Å². The standard InChI is InChI=1S/C22H22ClN5O4/c1-4-31-18-11-15(7-10-17(18)32-12-14-5-8-16(23)9-6-14)20-19(21(29)30-3)13(2)24-22-25-26-27-28(20)22/h5-11,20H,4,12H2,1-3H3,(H,24,25,27). The minimum Gasteiger partial charge on any atom is -0.490 e. The van der Waals surface area contributed by atoms with E-state index in [2.05, 4.69) is 20.8 Å². The molecule has 2 aromatic carbocycles. The highest BCUT2D eigenvalue weighted by Gasteiger charge is 2.35. The molecule has 3 aromatic rings. The zero-order chi connectivity index (χ0) is 22.7. The normalized spacial score (nSPS) is 15.1. The van der Waals surface area contributed by atoms with E-state index < -0.39 is 12.0 Å². The van der Waals surface area contributed by atoms with Crippen LogP contribution in [0.2, 0.25) is 5.02 Å². The number of carbonyl (C=O) groups is 1. The summed E-state index contributed by atoms with van der Waals surface area (Å²) in [5, 5.41) is 15.5. The van der Waals surface area contributed by atoms with Crippen molar-refractivity contribution in [2.45, 2.75) is 26.5 Å².